The van der Waals surface area contributed by atoms with E-state index in [2.05, 4.69) is 30.8 Å². The van der Waals surface area contributed by atoms with E-state index in [1.165, 1.54) is 0 Å². The van der Waals surface area contributed by atoms with Crippen LogP contribution in [0.5, 0.6) is 0 Å². The first-order valence-corrected chi connectivity index (χ1v) is 7.33. The molecular weight excluding hydrogens is 306 g/mol. The highest BCUT2D eigenvalue weighted by Gasteiger charge is 2.21. The molecular formula is C14H16BrN3O. The van der Waals surface area contributed by atoms with Crippen molar-refractivity contribution in [2.75, 3.05) is 24.6 Å². The minimum absolute atomic E-state index is 0.247. The first-order valence-electron chi connectivity index (χ1n) is 6.54. The van der Waals surface area contributed by atoms with E-state index in [9.17, 15) is 5.11 Å². The van der Waals surface area contributed by atoms with Gasteiger partial charge in [0.1, 0.15) is 0 Å². The van der Waals surface area contributed by atoms with Gasteiger partial charge in [0, 0.05) is 35.8 Å². The first-order chi connectivity index (χ1) is 9.26. The van der Waals surface area contributed by atoms with Crippen molar-refractivity contribution < 1.29 is 5.11 Å². The summed E-state index contributed by atoms with van der Waals surface area (Å²) in [7, 11) is 0. The molecule has 3 rings (SSSR count). The van der Waals surface area contributed by atoms with E-state index in [1.807, 2.05) is 24.4 Å². The van der Waals surface area contributed by atoms with Crippen molar-refractivity contribution in [3.05, 3.63) is 28.9 Å². The number of halogens is 1. The fraction of sp³-hybridized carbons (Fsp3) is 0.429. The maximum Gasteiger partial charge on any atom is 0.225 e. The number of hydrogen-bond acceptors (Lipinski definition) is 4. The summed E-state index contributed by atoms with van der Waals surface area (Å²) in [5.41, 5.74) is 0.958. The topological polar surface area (TPSA) is 49.2 Å². The first kappa shape index (κ1) is 12.8. The van der Waals surface area contributed by atoms with Gasteiger partial charge in [-0.3, -0.25) is 0 Å². The fourth-order valence-electron chi connectivity index (χ4n) is 2.54. The highest BCUT2D eigenvalue weighted by Crippen LogP contribution is 2.23. The van der Waals surface area contributed by atoms with E-state index in [0.717, 1.165) is 47.3 Å². The van der Waals surface area contributed by atoms with Crippen LogP contribution in [0.25, 0.3) is 10.9 Å². The molecule has 1 N–H and O–H groups in total. The number of nitrogens with zero attached hydrogens (tertiary/aromatic N) is 3. The Kier molecular flexibility index (Phi) is 3.66. The summed E-state index contributed by atoms with van der Waals surface area (Å²) in [6.45, 7) is 2.06. The van der Waals surface area contributed by atoms with Gasteiger partial charge in [0.05, 0.1) is 5.52 Å². The van der Waals surface area contributed by atoms with Gasteiger partial charge in [-0.15, -0.1) is 0 Å². The molecule has 0 radical (unpaired) electrons. The highest BCUT2D eigenvalue weighted by molar-refractivity contribution is 9.10. The number of fused-ring (bicyclic) bond motifs is 1. The predicted octanol–water partition coefficient (Wildman–Crippen LogP) is 2.60. The number of aliphatic hydroxyl groups is 1. The summed E-state index contributed by atoms with van der Waals surface area (Å²) in [5, 5.41) is 10.3. The maximum absolute atomic E-state index is 9.29. The van der Waals surface area contributed by atoms with Crippen LogP contribution in [0.1, 0.15) is 12.8 Å². The minimum atomic E-state index is 0.247. The third-order valence-electron chi connectivity index (χ3n) is 3.59. The Labute approximate surface area is 120 Å². The van der Waals surface area contributed by atoms with Gasteiger partial charge < -0.3 is 10.0 Å². The lowest BCUT2D eigenvalue weighted by Gasteiger charge is -2.31. The van der Waals surface area contributed by atoms with Crippen LogP contribution in [0.2, 0.25) is 0 Å². The fourth-order valence-corrected chi connectivity index (χ4v) is 2.92. The molecule has 1 aliphatic rings. The number of rotatable bonds is 2. The smallest absolute Gasteiger partial charge is 0.225 e. The van der Waals surface area contributed by atoms with Crippen molar-refractivity contribution in [3.63, 3.8) is 0 Å². The Balaban J connectivity index is 1.90. The van der Waals surface area contributed by atoms with Crippen LogP contribution in [0, 0.1) is 5.92 Å². The number of aliphatic hydroxyl groups excluding tert-OH is 1. The molecule has 1 aromatic carbocycles. The normalized spacial score (nSPS) is 19.9. The van der Waals surface area contributed by atoms with Crippen LogP contribution in [-0.2, 0) is 0 Å². The Morgan fingerprint density at radius 3 is 3.16 bits per heavy atom. The van der Waals surface area contributed by atoms with E-state index >= 15 is 0 Å². The van der Waals surface area contributed by atoms with Gasteiger partial charge in [-0.25, -0.2) is 9.97 Å². The van der Waals surface area contributed by atoms with Crippen molar-refractivity contribution in [1.82, 2.24) is 9.97 Å². The summed E-state index contributed by atoms with van der Waals surface area (Å²) >= 11 is 3.45. The van der Waals surface area contributed by atoms with Gasteiger partial charge in [-0.1, -0.05) is 15.9 Å². The van der Waals surface area contributed by atoms with Gasteiger partial charge in [0.2, 0.25) is 5.95 Å². The van der Waals surface area contributed by atoms with Gasteiger partial charge in [-0.05, 0) is 37.0 Å². The van der Waals surface area contributed by atoms with E-state index in [0.29, 0.717) is 5.92 Å². The second-order valence-corrected chi connectivity index (χ2v) is 5.93. The molecule has 4 nitrogen and oxygen atoms in total. The van der Waals surface area contributed by atoms with Crippen molar-refractivity contribution in [2.45, 2.75) is 12.8 Å². The van der Waals surface area contributed by atoms with Crippen molar-refractivity contribution >= 4 is 32.8 Å². The third-order valence-corrected chi connectivity index (χ3v) is 4.08. The van der Waals surface area contributed by atoms with E-state index in [1.54, 1.807) is 0 Å². The van der Waals surface area contributed by atoms with Crippen molar-refractivity contribution in [1.29, 1.82) is 0 Å². The van der Waals surface area contributed by atoms with Crippen molar-refractivity contribution in [2.24, 2.45) is 5.92 Å². The van der Waals surface area contributed by atoms with Crippen LogP contribution >= 0.6 is 15.9 Å². The maximum atomic E-state index is 9.29. The Morgan fingerprint density at radius 2 is 2.32 bits per heavy atom. The predicted molar refractivity (Wildman–Crippen MR) is 79.3 cm³/mol. The summed E-state index contributed by atoms with van der Waals surface area (Å²) in [6.07, 6.45) is 4.05. The van der Waals surface area contributed by atoms with Crippen molar-refractivity contribution in [3.8, 4) is 0 Å². The number of benzene rings is 1. The molecule has 0 bridgehead atoms. The molecule has 1 fully saturated rings. The second-order valence-electron chi connectivity index (χ2n) is 5.01. The van der Waals surface area contributed by atoms with E-state index < -0.39 is 0 Å². The lowest BCUT2D eigenvalue weighted by molar-refractivity contribution is 0.208. The van der Waals surface area contributed by atoms with Gasteiger partial charge in [-0.2, -0.15) is 0 Å². The highest BCUT2D eigenvalue weighted by atomic mass is 79.9. The molecule has 0 saturated carbocycles. The molecule has 1 aromatic heterocycles. The molecule has 1 saturated heterocycles. The zero-order valence-corrected chi connectivity index (χ0v) is 12.2. The standard InChI is InChI=1S/C14H16BrN3O/c15-12-3-4-13-11(6-12)7-16-14(17-13)18-5-1-2-10(8-18)9-19/h3-4,6-7,10,19H,1-2,5,8-9H2. The largest absolute Gasteiger partial charge is 0.396 e. The summed E-state index contributed by atoms with van der Waals surface area (Å²) in [5.74, 6) is 1.12. The molecule has 1 unspecified atom stereocenters. The average molecular weight is 322 g/mol. The number of aromatic nitrogens is 2. The van der Waals surface area contributed by atoms with Gasteiger partial charge >= 0.3 is 0 Å². The molecule has 0 spiro atoms. The molecule has 2 aromatic rings. The van der Waals surface area contributed by atoms with Gasteiger partial charge in [0.25, 0.3) is 0 Å². The average Bonchev–Trinajstić information content (AvgIpc) is 2.46. The Hall–Kier alpha value is -1.20. The van der Waals surface area contributed by atoms with Crippen LogP contribution in [-0.4, -0.2) is 34.8 Å². The third kappa shape index (κ3) is 2.72. The zero-order chi connectivity index (χ0) is 13.2. The van der Waals surface area contributed by atoms with Gasteiger partial charge in [0.15, 0.2) is 0 Å². The molecule has 5 heteroatoms. The summed E-state index contributed by atoms with van der Waals surface area (Å²) in [4.78, 5) is 11.2. The molecule has 0 amide bonds. The number of anilines is 1. The quantitative estimate of drug-likeness (QED) is 0.923. The Morgan fingerprint density at radius 1 is 1.42 bits per heavy atom. The molecule has 1 atom stereocenters. The molecule has 2 heterocycles. The summed E-state index contributed by atoms with van der Waals surface area (Å²) in [6, 6.07) is 6.01. The lowest BCUT2D eigenvalue weighted by atomic mass is 9.99. The van der Waals surface area contributed by atoms with Crippen LogP contribution in [0.15, 0.2) is 28.9 Å². The van der Waals surface area contributed by atoms with Crippen LogP contribution in [0.4, 0.5) is 5.95 Å². The second kappa shape index (κ2) is 5.43. The molecule has 0 aliphatic carbocycles. The van der Waals surface area contributed by atoms with E-state index in [4.69, 9.17) is 0 Å². The number of hydrogen-bond donors (Lipinski definition) is 1. The van der Waals surface area contributed by atoms with Crippen LogP contribution < -0.4 is 4.90 Å². The monoisotopic (exact) mass is 321 g/mol. The Bertz CT molecular complexity index is 590. The molecule has 1 aliphatic heterocycles. The SMILES string of the molecule is OCC1CCCN(c2ncc3cc(Br)ccc3n2)C1. The summed E-state index contributed by atoms with van der Waals surface area (Å²) < 4.78 is 1.04. The minimum Gasteiger partial charge on any atom is -0.396 e. The van der Waals surface area contributed by atoms with Crippen LogP contribution in [0.3, 0.4) is 0 Å². The molecule has 19 heavy (non-hydrogen) atoms. The zero-order valence-electron chi connectivity index (χ0n) is 10.6. The lowest BCUT2D eigenvalue weighted by Crippen LogP contribution is -2.37. The number of piperidine rings is 1. The van der Waals surface area contributed by atoms with E-state index in [-0.39, 0.29) is 6.61 Å². The molecule has 100 valence electrons.